The van der Waals surface area contributed by atoms with Crippen LogP contribution in [0.25, 0.3) is 10.9 Å². The van der Waals surface area contributed by atoms with E-state index in [4.69, 9.17) is 0 Å². The Hall–Kier alpha value is -3.70. The van der Waals surface area contributed by atoms with Gasteiger partial charge in [-0.25, -0.2) is 0 Å². The normalized spacial score (nSPS) is 11.2. The number of carboxylic acids is 1. The number of aromatic nitrogens is 1. The Balaban J connectivity index is 1.72. The molecule has 5 heteroatoms. The van der Waals surface area contributed by atoms with E-state index in [0.29, 0.717) is 23.0 Å². The van der Waals surface area contributed by atoms with Crippen LogP contribution in [0.1, 0.15) is 32.7 Å². The lowest BCUT2D eigenvalue weighted by molar-refractivity contribution is -0.941. The van der Waals surface area contributed by atoms with Crippen LogP contribution in [0, 0.1) is 6.92 Å². The molecule has 0 spiro atoms. The first kappa shape index (κ1) is 20.6. The topological polar surface area (TPSA) is 77.4 Å². The molecule has 1 heterocycles. The predicted octanol–water partition coefficient (Wildman–Crippen LogP) is 1.99. The number of rotatable bonds is 7. The number of fused-ring (bicyclic) bond motifs is 1. The van der Waals surface area contributed by atoms with Crippen LogP contribution in [0.2, 0.25) is 0 Å². The molecule has 0 bridgehead atoms. The molecule has 156 valence electrons. The Morgan fingerprint density at radius 2 is 1.45 bits per heavy atom. The van der Waals surface area contributed by atoms with Gasteiger partial charge in [-0.15, -0.1) is 0 Å². The molecule has 1 aromatic heterocycles. The molecule has 4 rings (SSSR count). The first-order valence-corrected chi connectivity index (χ1v) is 10.3. The molecule has 0 saturated carbocycles. The van der Waals surface area contributed by atoms with Crippen molar-refractivity contribution < 1.29 is 14.8 Å². The summed E-state index contributed by atoms with van der Waals surface area (Å²) in [6, 6.07) is 24.9. The summed E-state index contributed by atoms with van der Waals surface area (Å²) in [5, 5.41) is 11.6. The van der Waals surface area contributed by atoms with Gasteiger partial charge in [0.25, 0.3) is 0 Å². The summed E-state index contributed by atoms with van der Waals surface area (Å²) >= 11 is 0. The summed E-state index contributed by atoms with van der Waals surface area (Å²) in [6.07, 6.45) is 0. The van der Waals surface area contributed by atoms with Gasteiger partial charge in [-0.3, -0.25) is 4.79 Å². The Labute approximate surface area is 180 Å². The first-order chi connectivity index (χ1) is 15.0. The number of hydrogen-bond acceptors (Lipinski definition) is 3. The molecule has 0 fully saturated rings. The van der Waals surface area contributed by atoms with Crippen LogP contribution < -0.4 is 15.4 Å². The zero-order valence-electron chi connectivity index (χ0n) is 17.4. The summed E-state index contributed by atoms with van der Waals surface area (Å²) in [6.45, 7) is 3.96. The largest absolute Gasteiger partial charge is 0.545 e. The highest BCUT2D eigenvalue weighted by molar-refractivity contribution is 5.92. The number of aromatic carboxylic acids is 1. The third-order valence-electron chi connectivity index (χ3n) is 5.57. The Morgan fingerprint density at radius 1 is 0.871 bits per heavy atom. The number of carboxylic acid groups (broad SMARTS) is 1. The summed E-state index contributed by atoms with van der Waals surface area (Å²) in [4.78, 5) is 29.1. The number of hydrogen-bond donors (Lipinski definition) is 2. The van der Waals surface area contributed by atoms with Crippen molar-refractivity contribution in [2.45, 2.75) is 26.6 Å². The molecule has 2 N–H and O–H groups in total. The highest BCUT2D eigenvalue weighted by Crippen LogP contribution is 2.13. The number of aryl methyl sites for hydroxylation is 1. The SMILES string of the molecule is Cc1[nH]c2ccc(C(=O)[O-])cc2c(=O)c1C[NH+](Cc1ccccc1)Cc1ccccc1. The van der Waals surface area contributed by atoms with E-state index in [1.807, 2.05) is 43.3 Å². The summed E-state index contributed by atoms with van der Waals surface area (Å²) in [5.41, 5.74) is 4.37. The van der Waals surface area contributed by atoms with Crippen molar-refractivity contribution in [1.29, 1.82) is 0 Å². The van der Waals surface area contributed by atoms with Gasteiger partial charge in [0.15, 0.2) is 5.43 Å². The molecule has 4 aromatic rings. The molecule has 0 unspecified atom stereocenters. The molecule has 0 aliphatic rings. The first-order valence-electron chi connectivity index (χ1n) is 10.3. The van der Waals surface area contributed by atoms with E-state index in [1.165, 1.54) is 28.2 Å². The van der Waals surface area contributed by atoms with E-state index in [0.717, 1.165) is 18.8 Å². The fourth-order valence-electron chi connectivity index (χ4n) is 4.00. The Kier molecular flexibility index (Phi) is 5.96. The molecule has 0 aliphatic carbocycles. The molecule has 3 aromatic carbocycles. The monoisotopic (exact) mass is 412 g/mol. The number of carbonyl (C=O) groups is 1. The second-order valence-corrected chi connectivity index (χ2v) is 7.86. The molecule has 0 radical (unpaired) electrons. The Bertz CT molecular complexity index is 1220. The number of pyridine rings is 1. The van der Waals surface area contributed by atoms with E-state index in [-0.39, 0.29) is 11.0 Å². The van der Waals surface area contributed by atoms with E-state index < -0.39 is 5.97 Å². The number of quaternary nitrogens is 1. The molecule has 5 nitrogen and oxygen atoms in total. The van der Waals surface area contributed by atoms with E-state index >= 15 is 0 Å². The second kappa shape index (κ2) is 8.98. The summed E-state index contributed by atoms with van der Waals surface area (Å²) in [7, 11) is 0. The highest BCUT2D eigenvalue weighted by atomic mass is 16.4. The molecule has 0 saturated heterocycles. The highest BCUT2D eigenvalue weighted by Gasteiger charge is 2.18. The van der Waals surface area contributed by atoms with Gasteiger partial charge in [-0.05, 0) is 24.6 Å². The zero-order chi connectivity index (χ0) is 21.8. The van der Waals surface area contributed by atoms with Gasteiger partial charge in [0.05, 0.1) is 11.5 Å². The summed E-state index contributed by atoms with van der Waals surface area (Å²) in [5.74, 6) is -1.29. The van der Waals surface area contributed by atoms with Crippen molar-refractivity contribution in [2.75, 3.05) is 0 Å². The quantitative estimate of drug-likeness (QED) is 0.487. The second-order valence-electron chi connectivity index (χ2n) is 7.86. The molecular weight excluding hydrogens is 388 g/mol. The standard InChI is InChI=1S/C26H24N2O3/c1-18-23(25(29)22-14-21(26(30)31)12-13-24(22)27-18)17-28(15-19-8-4-2-5-9-19)16-20-10-6-3-7-11-20/h2-14H,15-17H2,1H3,(H,27,29)(H,30,31). The third kappa shape index (κ3) is 4.73. The van der Waals surface area contributed by atoms with Crippen LogP contribution in [0.3, 0.4) is 0 Å². The molecular formula is C26H24N2O3. The van der Waals surface area contributed by atoms with Crippen LogP contribution in [0.4, 0.5) is 0 Å². The fraction of sp³-hybridized carbons (Fsp3) is 0.154. The number of H-pyrrole nitrogens is 1. The van der Waals surface area contributed by atoms with Crippen molar-refractivity contribution in [2.24, 2.45) is 0 Å². The average Bonchev–Trinajstić information content (AvgIpc) is 2.77. The number of nitrogens with one attached hydrogen (secondary N) is 2. The Morgan fingerprint density at radius 3 is 2.00 bits per heavy atom. The summed E-state index contributed by atoms with van der Waals surface area (Å²) < 4.78 is 0. The van der Waals surface area contributed by atoms with E-state index in [9.17, 15) is 14.7 Å². The van der Waals surface area contributed by atoms with Crippen LogP contribution in [-0.4, -0.2) is 11.0 Å². The van der Waals surface area contributed by atoms with Crippen molar-refractivity contribution in [3.8, 4) is 0 Å². The van der Waals surface area contributed by atoms with Crippen molar-refractivity contribution in [1.82, 2.24) is 4.98 Å². The van der Waals surface area contributed by atoms with Gasteiger partial charge in [0, 0.05) is 27.7 Å². The lowest BCUT2D eigenvalue weighted by atomic mass is 10.0. The molecule has 0 amide bonds. The molecule has 0 aliphatic heterocycles. The van der Waals surface area contributed by atoms with E-state index in [1.54, 1.807) is 6.07 Å². The van der Waals surface area contributed by atoms with Crippen molar-refractivity contribution in [3.05, 3.63) is 117 Å². The number of aromatic amines is 1. The smallest absolute Gasteiger partial charge is 0.198 e. The lowest BCUT2D eigenvalue weighted by Gasteiger charge is -2.21. The molecule has 31 heavy (non-hydrogen) atoms. The van der Waals surface area contributed by atoms with Crippen LogP contribution in [0.5, 0.6) is 0 Å². The van der Waals surface area contributed by atoms with E-state index in [2.05, 4.69) is 29.2 Å². The maximum absolute atomic E-state index is 13.3. The third-order valence-corrected chi connectivity index (χ3v) is 5.57. The minimum absolute atomic E-state index is 0.00516. The van der Waals surface area contributed by atoms with Crippen molar-refractivity contribution in [3.63, 3.8) is 0 Å². The van der Waals surface area contributed by atoms with Gasteiger partial charge in [-0.2, -0.15) is 0 Å². The minimum atomic E-state index is -1.29. The fourth-order valence-corrected chi connectivity index (χ4v) is 4.00. The van der Waals surface area contributed by atoms with Crippen LogP contribution in [0.15, 0.2) is 83.7 Å². The maximum Gasteiger partial charge on any atom is 0.198 e. The van der Waals surface area contributed by atoms with Crippen LogP contribution in [-0.2, 0) is 19.6 Å². The van der Waals surface area contributed by atoms with Gasteiger partial charge >= 0.3 is 0 Å². The lowest BCUT2D eigenvalue weighted by Crippen LogP contribution is -3.08. The number of benzene rings is 3. The zero-order valence-corrected chi connectivity index (χ0v) is 17.4. The van der Waals surface area contributed by atoms with Gasteiger partial charge in [-0.1, -0.05) is 66.7 Å². The van der Waals surface area contributed by atoms with Gasteiger partial charge in [0.2, 0.25) is 0 Å². The molecule has 0 atom stereocenters. The van der Waals surface area contributed by atoms with Crippen molar-refractivity contribution >= 4 is 16.9 Å². The van der Waals surface area contributed by atoms with Gasteiger partial charge < -0.3 is 19.8 Å². The van der Waals surface area contributed by atoms with Crippen LogP contribution >= 0.6 is 0 Å². The van der Waals surface area contributed by atoms with Gasteiger partial charge in [0.1, 0.15) is 19.6 Å². The minimum Gasteiger partial charge on any atom is -0.545 e. The maximum atomic E-state index is 13.3. The predicted molar refractivity (Wildman–Crippen MR) is 119 cm³/mol. The number of carbonyl (C=O) groups excluding carboxylic acids is 1. The average molecular weight is 412 g/mol.